The second-order valence-corrected chi connectivity index (χ2v) is 2.47. The van der Waals surface area contributed by atoms with E-state index in [0.717, 1.165) is 0 Å². The van der Waals surface area contributed by atoms with Crippen LogP contribution in [-0.2, 0) is 12.6 Å². The van der Waals surface area contributed by atoms with Crippen LogP contribution >= 0.6 is 0 Å². The van der Waals surface area contributed by atoms with E-state index in [1.807, 2.05) is 0 Å². The highest BCUT2D eigenvalue weighted by Gasteiger charge is 2.08. The fourth-order valence-electron chi connectivity index (χ4n) is 1.34. The number of hydrogen-bond donors (Lipinski definition) is 0. The fraction of sp³-hybridized carbons (Fsp3) is 0.250. The van der Waals surface area contributed by atoms with Crippen molar-refractivity contribution in [1.82, 2.24) is 0 Å². The average Bonchev–Trinajstić information content (AvgIpc) is 2.33. The molecule has 0 saturated heterocycles. The van der Waals surface area contributed by atoms with Gasteiger partial charge in [-0.15, -0.1) is 0 Å². The molecule has 1 aromatic rings. The smallest absolute Gasteiger partial charge is 0.0620 e. The summed E-state index contributed by atoms with van der Waals surface area (Å²) in [4.78, 5) is 0. The van der Waals surface area contributed by atoms with Crippen LogP contribution in [0, 0.1) is 0 Å². The highest BCUT2D eigenvalue weighted by atomic mass is 14.0. The van der Waals surface area contributed by atoms with Crippen LogP contribution in [0.25, 0.3) is 0 Å². The molecule has 9 heavy (non-hydrogen) atoms. The van der Waals surface area contributed by atoms with Crippen molar-refractivity contribution < 1.29 is 0 Å². The third-order valence-electron chi connectivity index (χ3n) is 1.85. The molecule has 0 N–H and O–H groups in total. The first kappa shape index (κ1) is 5.10. The molecular weight excluding hydrogens is 107 g/mol. The maximum Gasteiger partial charge on any atom is 0.121 e. The number of rotatable bonds is 0. The summed E-state index contributed by atoms with van der Waals surface area (Å²) in [7, 11) is 2.32. The van der Waals surface area contributed by atoms with E-state index < -0.39 is 0 Å². The van der Waals surface area contributed by atoms with Crippen molar-refractivity contribution in [3.63, 3.8) is 0 Å². The fourth-order valence-corrected chi connectivity index (χ4v) is 1.34. The molecule has 1 aromatic carbocycles. The molecule has 0 bridgehead atoms. The van der Waals surface area contributed by atoms with E-state index in [-0.39, 0.29) is 0 Å². The van der Waals surface area contributed by atoms with Gasteiger partial charge in [0, 0.05) is 0 Å². The summed E-state index contributed by atoms with van der Waals surface area (Å²) in [5, 5.41) is 0. The molecule has 1 aliphatic heterocycles. The maximum atomic E-state index is 2.32. The molecule has 0 aromatic heterocycles. The lowest BCUT2D eigenvalue weighted by Crippen LogP contribution is -1.84. The third-order valence-corrected chi connectivity index (χ3v) is 1.85. The molecular formula is C8H8B. The van der Waals surface area contributed by atoms with E-state index in [1.54, 1.807) is 0 Å². The molecule has 0 spiro atoms. The lowest BCUT2D eigenvalue weighted by molar-refractivity contribution is 1.35. The van der Waals surface area contributed by atoms with E-state index in [4.69, 9.17) is 0 Å². The molecule has 43 valence electrons. The van der Waals surface area contributed by atoms with Gasteiger partial charge in [-0.05, 0) is 0 Å². The van der Waals surface area contributed by atoms with Crippen molar-refractivity contribution >= 4 is 7.28 Å². The van der Waals surface area contributed by atoms with E-state index in [2.05, 4.69) is 31.5 Å². The Balaban J connectivity index is 2.54. The van der Waals surface area contributed by atoms with Gasteiger partial charge in [-0.3, -0.25) is 0 Å². The summed E-state index contributed by atoms with van der Waals surface area (Å²) in [6.45, 7) is 0. The summed E-state index contributed by atoms with van der Waals surface area (Å²) in [5.74, 6) is 0. The topological polar surface area (TPSA) is 0 Å². The molecule has 0 nitrogen and oxygen atoms in total. The summed E-state index contributed by atoms with van der Waals surface area (Å²) >= 11 is 0. The number of benzene rings is 1. The average molecular weight is 115 g/mol. The molecule has 0 aliphatic carbocycles. The normalized spacial score (nSPS) is 14.7. The van der Waals surface area contributed by atoms with Crippen molar-refractivity contribution in [2.24, 2.45) is 0 Å². The van der Waals surface area contributed by atoms with Crippen LogP contribution < -0.4 is 0 Å². The van der Waals surface area contributed by atoms with Gasteiger partial charge in [-0.1, -0.05) is 48.0 Å². The predicted octanol–water partition coefficient (Wildman–Crippen LogP) is 1.40. The molecule has 1 heteroatoms. The highest BCUT2D eigenvalue weighted by Crippen LogP contribution is 2.15. The van der Waals surface area contributed by atoms with Gasteiger partial charge < -0.3 is 0 Å². The molecule has 0 unspecified atom stereocenters. The van der Waals surface area contributed by atoms with Crippen LogP contribution in [0.3, 0.4) is 0 Å². The molecule has 0 amide bonds. The lowest BCUT2D eigenvalue weighted by Gasteiger charge is -1.94. The van der Waals surface area contributed by atoms with E-state index in [0.29, 0.717) is 0 Å². The van der Waals surface area contributed by atoms with Gasteiger partial charge >= 0.3 is 0 Å². The monoisotopic (exact) mass is 115 g/mol. The SMILES string of the molecule is [B]1Cc2ccccc2C1. The van der Waals surface area contributed by atoms with E-state index >= 15 is 0 Å². The molecule has 0 saturated carbocycles. The summed E-state index contributed by atoms with van der Waals surface area (Å²) in [6.07, 6.45) is 2.35. The summed E-state index contributed by atoms with van der Waals surface area (Å²) in [5.41, 5.74) is 3.02. The molecule has 1 aliphatic rings. The van der Waals surface area contributed by atoms with Crippen LogP contribution in [0.15, 0.2) is 24.3 Å². The molecule has 1 heterocycles. The van der Waals surface area contributed by atoms with Crippen molar-refractivity contribution in [1.29, 1.82) is 0 Å². The Kier molecular flexibility index (Phi) is 1.08. The van der Waals surface area contributed by atoms with Gasteiger partial charge in [0.1, 0.15) is 7.28 Å². The van der Waals surface area contributed by atoms with Crippen LogP contribution in [0.2, 0.25) is 0 Å². The van der Waals surface area contributed by atoms with Crippen molar-refractivity contribution in [2.75, 3.05) is 0 Å². The largest absolute Gasteiger partial charge is 0.121 e. The maximum absolute atomic E-state index is 2.32. The molecule has 0 atom stereocenters. The van der Waals surface area contributed by atoms with Crippen molar-refractivity contribution in [2.45, 2.75) is 12.6 Å². The minimum atomic E-state index is 1.18. The first-order chi connectivity index (χ1) is 4.47. The predicted molar refractivity (Wildman–Crippen MR) is 39.6 cm³/mol. The zero-order chi connectivity index (χ0) is 6.10. The Morgan fingerprint density at radius 3 is 2.11 bits per heavy atom. The van der Waals surface area contributed by atoms with Gasteiger partial charge in [-0.25, -0.2) is 0 Å². The second-order valence-electron chi connectivity index (χ2n) is 2.47. The zero-order valence-corrected chi connectivity index (χ0v) is 5.30. The Morgan fingerprint density at radius 1 is 1.00 bits per heavy atom. The van der Waals surface area contributed by atoms with Crippen LogP contribution in [-0.4, -0.2) is 7.28 Å². The van der Waals surface area contributed by atoms with Crippen molar-refractivity contribution in [3.8, 4) is 0 Å². The first-order valence-electron chi connectivity index (χ1n) is 3.35. The van der Waals surface area contributed by atoms with E-state index in [1.165, 1.54) is 23.8 Å². The zero-order valence-electron chi connectivity index (χ0n) is 5.30. The Bertz CT molecular complexity index is 195. The molecule has 0 fully saturated rings. The highest BCUT2D eigenvalue weighted by molar-refractivity contribution is 6.36. The van der Waals surface area contributed by atoms with Gasteiger partial charge in [0.2, 0.25) is 0 Å². The van der Waals surface area contributed by atoms with Gasteiger partial charge in [-0.2, -0.15) is 0 Å². The van der Waals surface area contributed by atoms with Gasteiger partial charge in [0.15, 0.2) is 0 Å². The minimum absolute atomic E-state index is 1.18. The Hall–Kier alpha value is -0.715. The summed E-state index contributed by atoms with van der Waals surface area (Å²) < 4.78 is 0. The van der Waals surface area contributed by atoms with Crippen molar-refractivity contribution in [3.05, 3.63) is 35.4 Å². The lowest BCUT2D eigenvalue weighted by atomic mass is 9.76. The quantitative estimate of drug-likeness (QED) is 0.448. The van der Waals surface area contributed by atoms with Crippen LogP contribution in [0.4, 0.5) is 0 Å². The van der Waals surface area contributed by atoms with Gasteiger partial charge in [0.05, 0.1) is 0 Å². The van der Waals surface area contributed by atoms with Gasteiger partial charge in [0.25, 0.3) is 0 Å². The molecule has 2 rings (SSSR count). The number of hydrogen-bond acceptors (Lipinski definition) is 0. The van der Waals surface area contributed by atoms with Crippen LogP contribution in [0.1, 0.15) is 11.1 Å². The first-order valence-corrected chi connectivity index (χ1v) is 3.35. The Labute approximate surface area is 56.1 Å². The standard InChI is InChI=1S/C8H8B/c1-2-4-8-6-9-5-7(8)3-1/h1-4H,5-6H2. The minimum Gasteiger partial charge on any atom is -0.0620 e. The second kappa shape index (κ2) is 1.91. The Morgan fingerprint density at radius 2 is 1.56 bits per heavy atom. The molecule has 1 radical (unpaired) electrons. The summed E-state index contributed by atoms with van der Waals surface area (Å²) in [6, 6.07) is 8.63. The van der Waals surface area contributed by atoms with Crippen LogP contribution in [0.5, 0.6) is 0 Å². The third kappa shape index (κ3) is 0.767. The van der Waals surface area contributed by atoms with E-state index in [9.17, 15) is 0 Å². The number of fused-ring (bicyclic) bond motifs is 1.